The summed E-state index contributed by atoms with van der Waals surface area (Å²) in [5, 5.41) is 8.17. The third kappa shape index (κ3) is 3.00. The lowest BCUT2D eigenvalue weighted by atomic mass is 9.92. The fourth-order valence-electron chi connectivity index (χ4n) is 3.79. The molecule has 0 N–H and O–H groups in total. The Bertz CT molecular complexity index is 855. The number of rotatable bonds is 3. The van der Waals surface area contributed by atoms with Crippen molar-refractivity contribution < 1.29 is 13.9 Å². The first-order valence-electron chi connectivity index (χ1n) is 9.20. The van der Waals surface area contributed by atoms with Gasteiger partial charge in [-0.2, -0.15) is 0 Å². The number of carbonyl (C=O) groups is 1. The van der Waals surface area contributed by atoms with E-state index in [4.69, 9.17) is 9.15 Å². The quantitative estimate of drug-likeness (QED) is 0.845. The predicted molar refractivity (Wildman–Crippen MR) is 95.0 cm³/mol. The number of allylic oxidation sites excluding steroid dienone is 1. The molecule has 6 nitrogen and oxygen atoms in total. The standard InChI is InChI=1S/C20H23N3O3/c1-3-18-16(9-6-10-25-18)20(24)23-12-15-8-5-4-7-14(15)11-17(23)19-22-21-13(2)26-19/h4-5,7-8,17H,3,6,9-12H2,1-2H3. The number of hydrogen-bond acceptors (Lipinski definition) is 5. The minimum Gasteiger partial charge on any atom is -0.497 e. The van der Waals surface area contributed by atoms with Crippen LogP contribution in [0.3, 0.4) is 0 Å². The molecule has 136 valence electrons. The highest BCUT2D eigenvalue weighted by Gasteiger charge is 2.36. The smallest absolute Gasteiger partial charge is 0.254 e. The van der Waals surface area contributed by atoms with Crippen LogP contribution in [0.25, 0.3) is 0 Å². The van der Waals surface area contributed by atoms with Gasteiger partial charge in [-0.3, -0.25) is 4.79 Å². The van der Waals surface area contributed by atoms with Gasteiger partial charge >= 0.3 is 0 Å². The summed E-state index contributed by atoms with van der Waals surface area (Å²) in [5.74, 6) is 1.86. The van der Waals surface area contributed by atoms with Gasteiger partial charge in [0.05, 0.1) is 12.2 Å². The lowest BCUT2D eigenvalue weighted by Gasteiger charge is -2.36. The molecule has 0 spiro atoms. The Morgan fingerprint density at radius 1 is 1.27 bits per heavy atom. The van der Waals surface area contributed by atoms with Crippen molar-refractivity contribution in [1.82, 2.24) is 15.1 Å². The van der Waals surface area contributed by atoms with Crippen molar-refractivity contribution in [2.45, 2.75) is 52.1 Å². The minimum absolute atomic E-state index is 0.0249. The first-order valence-corrected chi connectivity index (χ1v) is 9.20. The first kappa shape index (κ1) is 16.8. The maximum atomic E-state index is 13.4. The van der Waals surface area contributed by atoms with E-state index in [2.05, 4.69) is 22.3 Å². The molecule has 1 amide bonds. The predicted octanol–water partition coefficient (Wildman–Crippen LogP) is 3.48. The van der Waals surface area contributed by atoms with Crippen LogP contribution in [0.15, 0.2) is 40.0 Å². The Labute approximate surface area is 152 Å². The highest BCUT2D eigenvalue weighted by molar-refractivity contribution is 5.94. The van der Waals surface area contributed by atoms with Crippen molar-refractivity contribution in [3.05, 3.63) is 58.5 Å². The molecule has 4 rings (SSSR count). The molecule has 0 radical (unpaired) electrons. The molecule has 0 saturated heterocycles. The lowest BCUT2D eigenvalue weighted by Crippen LogP contribution is -2.40. The molecule has 1 aromatic carbocycles. The van der Waals surface area contributed by atoms with Crippen molar-refractivity contribution in [2.24, 2.45) is 0 Å². The molecule has 1 atom stereocenters. The molecule has 2 aromatic rings. The third-order valence-electron chi connectivity index (χ3n) is 5.10. The van der Waals surface area contributed by atoms with Crippen LogP contribution in [0.1, 0.15) is 55.1 Å². The summed E-state index contributed by atoms with van der Waals surface area (Å²) in [6, 6.07) is 7.98. The molecule has 2 aliphatic heterocycles. The highest BCUT2D eigenvalue weighted by Crippen LogP contribution is 2.35. The maximum absolute atomic E-state index is 13.4. The Morgan fingerprint density at radius 2 is 2.08 bits per heavy atom. The van der Waals surface area contributed by atoms with E-state index in [0.717, 1.165) is 30.6 Å². The summed E-state index contributed by atoms with van der Waals surface area (Å²) in [6.07, 6.45) is 3.05. The van der Waals surface area contributed by atoms with E-state index in [9.17, 15) is 4.79 Å². The molecule has 3 heterocycles. The number of aryl methyl sites for hydroxylation is 1. The van der Waals surface area contributed by atoms with E-state index < -0.39 is 0 Å². The van der Waals surface area contributed by atoms with Gasteiger partial charge in [-0.1, -0.05) is 31.2 Å². The summed E-state index contributed by atoms with van der Waals surface area (Å²) in [7, 11) is 0. The Balaban J connectivity index is 1.73. The number of hydrogen-bond donors (Lipinski definition) is 0. The second kappa shape index (κ2) is 6.94. The molecular formula is C20H23N3O3. The number of carbonyl (C=O) groups excluding carboxylic acids is 1. The molecule has 2 aliphatic rings. The van der Waals surface area contributed by atoms with Gasteiger partial charge in [-0.05, 0) is 24.0 Å². The van der Waals surface area contributed by atoms with E-state index in [1.54, 1.807) is 6.92 Å². The Hall–Kier alpha value is -2.63. The van der Waals surface area contributed by atoms with Crippen molar-refractivity contribution in [3.63, 3.8) is 0 Å². The molecule has 0 aliphatic carbocycles. The van der Waals surface area contributed by atoms with E-state index in [-0.39, 0.29) is 11.9 Å². The van der Waals surface area contributed by atoms with Crippen LogP contribution in [0.5, 0.6) is 0 Å². The van der Waals surface area contributed by atoms with Gasteiger partial charge in [-0.25, -0.2) is 0 Å². The van der Waals surface area contributed by atoms with Crippen LogP contribution >= 0.6 is 0 Å². The maximum Gasteiger partial charge on any atom is 0.254 e. The summed E-state index contributed by atoms with van der Waals surface area (Å²) in [5.41, 5.74) is 3.19. The average molecular weight is 353 g/mol. The van der Waals surface area contributed by atoms with E-state index in [1.165, 1.54) is 11.1 Å². The van der Waals surface area contributed by atoms with E-state index in [1.807, 2.05) is 24.0 Å². The number of nitrogens with zero attached hydrogens (tertiary/aromatic N) is 3. The summed E-state index contributed by atoms with van der Waals surface area (Å²) in [4.78, 5) is 15.3. The molecule has 0 saturated carbocycles. The van der Waals surface area contributed by atoms with Crippen LogP contribution < -0.4 is 0 Å². The second-order valence-corrected chi connectivity index (χ2v) is 6.79. The molecule has 0 bridgehead atoms. The van der Waals surface area contributed by atoms with Crippen LogP contribution in [-0.4, -0.2) is 27.6 Å². The summed E-state index contributed by atoms with van der Waals surface area (Å²) >= 11 is 0. The van der Waals surface area contributed by atoms with Crippen molar-refractivity contribution >= 4 is 5.91 Å². The van der Waals surface area contributed by atoms with Gasteiger partial charge in [0.25, 0.3) is 5.91 Å². The number of aromatic nitrogens is 2. The van der Waals surface area contributed by atoms with Gasteiger partial charge in [0.2, 0.25) is 11.8 Å². The average Bonchev–Trinajstić information content (AvgIpc) is 3.12. The molecule has 0 fully saturated rings. The molecule has 1 aromatic heterocycles. The lowest BCUT2D eigenvalue weighted by molar-refractivity contribution is -0.132. The zero-order chi connectivity index (χ0) is 18.1. The minimum atomic E-state index is -0.244. The van der Waals surface area contributed by atoms with Gasteiger partial charge in [0, 0.05) is 26.3 Å². The van der Waals surface area contributed by atoms with Crippen molar-refractivity contribution in [3.8, 4) is 0 Å². The third-order valence-corrected chi connectivity index (χ3v) is 5.10. The van der Waals surface area contributed by atoms with Gasteiger partial charge in [0.1, 0.15) is 11.8 Å². The molecule has 1 unspecified atom stereocenters. The molecule has 6 heteroatoms. The topological polar surface area (TPSA) is 68.5 Å². The Morgan fingerprint density at radius 3 is 2.81 bits per heavy atom. The largest absolute Gasteiger partial charge is 0.497 e. The number of fused-ring (bicyclic) bond motifs is 1. The van der Waals surface area contributed by atoms with Crippen LogP contribution in [-0.2, 0) is 22.5 Å². The van der Waals surface area contributed by atoms with Crippen LogP contribution in [0.4, 0.5) is 0 Å². The van der Waals surface area contributed by atoms with Crippen molar-refractivity contribution in [2.75, 3.05) is 6.61 Å². The SMILES string of the molecule is CCC1=C(C(=O)N2Cc3ccccc3CC2c2nnc(C)o2)CCCO1. The van der Waals surface area contributed by atoms with Crippen LogP contribution in [0.2, 0.25) is 0 Å². The molecular weight excluding hydrogens is 330 g/mol. The monoisotopic (exact) mass is 353 g/mol. The number of amides is 1. The summed E-state index contributed by atoms with van der Waals surface area (Å²) < 4.78 is 11.4. The zero-order valence-electron chi connectivity index (χ0n) is 15.2. The molecule has 26 heavy (non-hydrogen) atoms. The zero-order valence-corrected chi connectivity index (χ0v) is 15.2. The van der Waals surface area contributed by atoms with Crippen LogP contribution in [0, 0.1) is 6.92 Å². The fourth-order valence-corrected chi connectivity index (χ4v) is 3.79. The first-order chi connectivity index (χ1) is 12.7. The number of benzene rings is 1. The normalized spacial score (nSPS) is 19.9. The van der Waals surface area contributed by atoms with Gasteiger partial charge < -0.3 is 14.1 Å². The highest BCUT2D eigenvalue weighted by atomic mass is 16.5. The van der Waals surface area contributed by atoms with Crippen molar-refractivity contribution in [1.29, 1.82) is 0 Å². The number of ether oxygens (including phenoxy) is 1. The van der Waals surface area contributed by atoms with Gasteiger partial charge in [0.15, 0.2) is 0 Å². The van der Waals surface area contributed by atoms with E-state index >= 15 is 0 Å². The fraction of sp³-hybridized carbons (Fsp3) is 0.450. The Kier molecular flexibility index (Phi) is 4.49. The van der Waals surface area contributed by atoms with Gasteiger partial charge in [-0.15, -0.1) is 10.2 Å². The summed E-state index contributed by atoms with van der Waals surface area (Å²) in [6.45, 7) is 5.03. The van der Waals surface area contributed by atoms with E-state index in [0.29, 0.717) is 31.4 Å². The second-order valence-electron chi connectivity index (χ2n) is 6.79.